The predicted molar refractivity (Wildman–Crippen MR) is 82.2 cm³/mol. The minimum Gasteiger partial charge on any atom is -0.362 e. The van der Waals surface area contributed by atoms with Crippen molar-refractivity contribution in [2.45, 2.75) is 32.4 Å². The highest BCUT2D eigenvalue weighted by Crippen LogP contribution is 2.25. The van der Waals surface area contributed by atoms with Gasteiger partial charge in [-0.25, -0.2) is 0 Å². The van der Waals surface area contributed by atoms with Gasteiger partial charge < -0.3 is 14.5 Å². The Labute approximate surface area is 130 Å². The van der Waals surface area contributed by atoms with Crippen molar-refractivity contribution >= 4 is 11.8 Å². The van der Waals surface area contributed by atoms with Gasteiger partial charge in [0.2, 0.25) is 5.91 Å². The second-order valence-electron chi connectivity index (χ2n) is 6.27. The van der Waals surface area contributed by atoms with E-state index in [2.05, 4.69) is 12.1 Å². The first-order valence-electron chi connectivity index (χ1n) is 7.75. The average molecular weight is 302 g/mol. The van der Waals surface area contributed by atoms with Crippen molar-refractivity contribution in [3.05, 3.63) is 35.4 Å². The van der Waals surface area contributed by atoms with Gasteiger partial charge in [0.1, 0.15) is 0 Å². The molecule has 0 unspecified atom stereocenters. The second kappa shape index (κ2) is 5.72. The maximum atomic E-state index is 12.9. The van der Waals surface area contributed by atoms with E-state index in [1.54, 1.807) is 11.8 Å². The van der Waals surface area contributed by atoms with E-state index in [-0.39, 0.29) is 11.8 Å². The van der Waals surface area contributed by atoms with Crippen molar-refractivity contribution in [2.75, 3.05) is 26.2 Å². The molecule has 0 saturated carbocycles. The molecule has 0 N–H and O–H groups in total. The monoisotopic (exact) mass is 302 g/mol. The lowest BCUT2D eigenvalue weighted by Crippen LogP contribution is -2.60. The number of fused-ring (bicyclic) bond motifs is 1. The molecule has 0 aliphatic carbocycles. The van der Waals surface area contributed by atoms with Crippen molar-refractivity contribution < 1.29 is 14.3 Å². The smallest absolute Gasteiger partial charge is 0.256 e. The summed E-state index contributed by atoms with van der Waals surface area (Å²) in [6.07, 6.45) is 0.869. The lowest BCUT2D eigenvalue weighted by atomic mass is 9.96. The van der Waals surface area contributed by atoms with Gasteiger partial charge in [-0.2, -0.15) is 0 Å². The fourth-order valence-electron chi connectivity index (χ4n) is 3.27. The number of amides is 2. The molecule has 2 aliphatic rings. The summed E-state index contributed by atoms with van der Waals surface area (Å²) in [5.74, 6) is -0.0285. The molecule has 2 heterocycles. The molecule has 5 heteroatoms. The number of hydrogen-bond donors (Lipinski definition) is 0. The molecule has 1 aromatic rings. The number of rotatable bonds is 1. The molecule has 3 rings (SSSR count). The van der Waals surface area contributed by atoms with E-state index in [9.17, 15) is 9.59 Å². The van der Waals surface area contributed by atoms with Gasteiger partial charge in [0.05, 0.1) is 13.2 Å². The summed E-state index contributed by atoms with van der Waals surface area (Å²) >= 11 is 0. The van der Waals surface area contributed by atoms with Crippen LogP contribution in [0.25, 0.3) is 0 Å². The zero-order valence-corrected chi connectivity index (χ0v) is 13.2. The summed E-state index contributed by atoms with van der Waals surface area (Å²) in [5.41, 5.74) is 1.58. The van der Waals surface area contributed by atoms with Crippen LogP contribution in [0, 0.1) is 0 Å². The Kier molecular flexibility index (Phi) is 3.91. The van der Waals surface area contributed by atoms with Crippen LogP contribution in [0.15, 0.2) is 24.3 Å². The van der Waals surface area contributed by atoms with E-state index >= 15 is 0 Å². The third-order valence-electron chi connectivity index (χ3n) is 4.59. The first-order chi connectivity index (χ1) is 10.5. The van der Waals surface area contributed by atoms with Crippen LogP contribution in [0.3, 0.4) is 0 Å². The van der Waals surface area contributed by atoms with E-state index in [4.69, 9.17) is 4.74 Å². The standard InChI is InChI=1S/C17H22N2O3/c1-13(20)19-9-10-22-17(2,12-19)16(21)18-8-7-14-5-3-4-6-15(14)11-18/h3-6H,7-12H2,1-2H3/t17-/m1/s1. The van der Waals surface area contributed by atoms with Crippen LogP contribution < -0.4 is 0 Å². The quantitative estimate of drug-likeness (QED) is 0.783. The summed E-state index contributed by atoms with van der Waals surface area (Å²) in [6, 6.07) is 8.23. The Hall–Kier alpha value is -1.88. The Morgan fingerprint density at radius 1 is 1.14 bits per heavy atom. The van der Waals surface area contributed by atoms with E-state index in [0.717, 1.165) is 6.42 Å². The summed E-state index contributed by atoms with van der Waals surface area (Å²) < 4.78 is 5.76. The first-order valence-corrected chi connectivity index (χ1v) is 7.75. The SMILES string of the molecule is CC(=O)N1CCO[C@@](C)(C(=O)N2CCc3ccccc3C2)C1. The molecule has 1 aromatic carbocycles. The zero-order chi connectivity index (χ0) is 15.7. The van der Waals surface area contributed by atoms with Gasteiger partial charge in [-0.15, -0.1) is 0 Å². The Balaban J connectivity index is 1.75. The molecule has 5 nitrogen and oxygen atoms in total. The molecule has 2 aliphatic heterocycles. The van der Waals surface area contributed by atoms with E-state index < -0.39 is 5.60 Å². The summed E-state index contributed by atoms with van der Waals surface area (Å²) in [4.78, 5) is 28.1. The second-order valence-corrected chi connectivity index (χ2v) is 6.27. The maximum Gasteiger partial charge on any atom is 0.256 e. The van der Waals surface area contributed by atoms with Crippen LogP contribution >= 0.6 is 0 Å². The number of morpholine rings is 1. The minimum absolute atomic E-state index is 0.00804. The topological polar surface area (TPSA) is 49.9 Å². The Morgan fingerprint density at radius 2 is 1.86 bits per heavy atom. The van der Waals surface area contributed by atoms with Crippen molar-refractivity contribution in [3.8, 4) is 0 Å². The highest BCUT2D eigenvalue weighted by Gasteiger charge is 2.43. The number of ether oxygens (including phenoxy) is 1. The third-order valence-corrected chi connectivity index (χ3v) is 4.59. The van der Waals surface area contributed by atoms with E-state index in [0.29, 0.717) is 32.8 Å². The van der Waals surface area contributed by atoms with Crippen molar-refractivity contribution in [1.29, 1.82) is 0 Å². The fraction of sp³-hybridized carbons (Fsp3) is 0.529. The number of nitrogens with zero attached hydrogens (tertiary/aromatic N) is 2. The van der Waals surface area contributed by atoms with Gasteiger partial charge in [0, 0.05) is 26.6 Å². The summed E-state index contributed by atoms with van der Waals surface area (Å²) in [6.45, 7) is 5.95. The van der Waals surface area contributed by atoms with Crippen LogP contribution in [0.1, 0.15) is 25.0 Å². The van der Waals surface area contributed by atoms with Crippen LogP contribution in [-0.2, 0) is 27.3 Å². The molecule has 118 valence electrons. The number of carbonyl (C=O) groups is 2. The lowest BCUT2D eigenvalue weighted by molar-refractivity contribution is -0.171. The van der Waals surface area contributed by atoms with E-state index in [1.165, 1.54) is 18.1 Å². The summed E-state index contributed by atoms with van der Waals surface area (Å²) in [7, 11) is 0. The van der Waals surface area contributed by atoms with Crippen LogP contribution in [-0.4, -0.2) is 53.5 Å². The Morgan fingerprint density at radius 3 is 2.59 bits per heavy atom. The van der Waals surface area contributed by atoms with Gasteiger partial charge in [0.15, 0.2) is 5.60 Å². The molecule has 22 heavy (non-hydrogen) atoms. The predicted octanol–water partition coefficient (Wildman–Crippen LogP) is 1.21. The number of carbonyl (C=O) groups excluding carboxylic acids is 2. The zero-order valence-electron chi connectivity index (χ0n) is 13.2. The molecule has 1 atom stereocenters. The first kappa shape index (κ1) is 15.0. The van der Waals surface area contributed by atoms with Crippen molar-refractivity contribution in [3.63, 3.8) is 0 Å². The molecule has 1 fully saturated rings. The molecule has 0 spiro atoms. The van der Waals surface area contributed by atoms with Gasteiger partial charge in [-0.05, 0) is 24.5 Å². The van der Waals surface area contributed by atoms with Crippen molar-refractivity contribution in [1.82, 2.24) is 9.80 Å². The molecule has 0 aromatic heterocycles. The normalized spacial score (nSPS) is 24.8. The highest BCUT2D eigenvalue weighted by atomic mass is 16.5. The van der Waals surface area contributed by atoms with Crippen LogP contribution in [0.5, 0.6) is 0 Å². The molecule has 0 bridgehead atoms. The minimum atomic E-state index is -0.934. The molecule has 0 radical (unpaired) electrons. The largest absolute Gasteiger partial charge is 0.362 e. The van der Waals surface area contributed by atoms with Gasteiger partial charge in [0.25, 0.3) is 5.91 Å². The Bertz CT molecular complexity index is 601. The molecule has 2 amide bonds. The molecular formula is C17H22N2O3. The van der Waals surface area contributed by atoms with Crippen LogP contribution in [0.2, 0.25) is 0 Å². The van der Waals surface area contributed by atoms with Gasteiger partial charge >= 0.3 is 0 Å². The molecular weight excluding hydrogens is 280 g/mol. The molecule has 1 saturated heterocycles. The lowest BCUT2D eigenvalue weighted by Gasteiger charge is -2.42. The number of benzene rings is 1. The average Bonchev–Trinajstić information content (AvgIpc) is 2.53. The third kappa shape index (κ3) is 2.73. The van der Waals surface area contributed by atoms with Crippen molar-refractivity contribution in [2.24, 2.45) is 0 Å². The van der Waals surface area contributed by atoms with Crippen LogP contribution in [0.4, 0.5) is 0 Å². The van der Waals surface area contributed by atoms with Gasteiger partial charge in [-0.3, -0.25) is 9.59 Å². The maximum absolute atomic E-state index is 12.9. The number of hydrogen-bond acceptors (Lipinski definition) is 3. The summed E-state index contributed by atoms with van der Waals surface area (Å²) in [5, 5.41) is 0. The fourth-order valence-corrected chi connectivity index (χ4v) is 3.27. The van der Waals surface area contributed by atoms with E-state index in [1.807, 2.05) is 17.0 Å². The highest BCUT2D eigenvalue weighted by molar-refractivity contribution is 5.86. The van der Waals surface area contributed by atoms with Gasteiger partial charge in [-0.1, -0.05) is 24.3 Å².